The Kier molecular flexibility index (Phi) is 14.1. The molecule has 0 aromatic heterocycles. The van der Waals surface area contributed by atoms with Crippen LogP contribution in [0.3, 0.4) is 0 Å². The van der Waals surface area contributed by atoms with Crippen molar-refractivity contribution in [3.63, 3.8) is 0 Å². The van der Waals surface area contributed by atoms with Crippen molar-refractivity contribution in [2.45, 2.75) is 91.6 Å². The number of carbonyl (C=O) groups excluding carboxylic acids is 6. The third kappa shape index (κ3) is 11.1. The molecule has 3 aromatic rings. The van der Waals surface area contributed by atoms with E-state index in [0.29, 0.717) is 50.4 Å². The molecule has 322 valence electrons. The molecule has 2 aliphatic heterocycles. The lowest BCUT2D eigenvalue weighted by molar-refractivity contribution is -0.149. The molecule has 2 saturated heterocycles. The van der Waals surface area contributed by atoms with Gasteiger partial charge in [-0.1, -0.05) is 65.8 Å². The zero-order valence-electron chi connectivity index (χ0n) is 35.5. The number of methoxy groups -OCH3 is 2. The molecule has 4 N–H and O–H groups in total. The second-order valence-electron chi connectivity index (χ2n) is 17.2. The number of rotatable bonds is 13. The summed E-state index contributed by atoms with van der Waals surface area (Å²) in [5.74, 6) is -1.74. The monoisotopic (exact) mass is 829 g/mol. The standard InChI is InChI=1S/C44H56FN7O8/c1-43(2,3)35(48-41(57)59-7)39(55)51-23-21-33(51)37(53)46-30-15-9-27(10-16-30)25-50(32-19-13-29(45)14-20-32)26-28-11-17-31(18-12-28)47-38(54)34-22-24-52(34)40(56)36(44(4,5)6)49-42(58)60-8/h9-20,33-36H,21-26H2,1-8H3,(H,46,53)(H,47,54)(H,48,57)(H,49,58). The van der Waals surface area contributed by atoms with Gasteiger partial charge in [0, 0.05) is 43.2 Å². The van der Waals surface area contributed by atoms with Crippen LogP contribution in [0.1, 0.15) is 65.5 Å². The Morgan fingerprint density at radius 1 is 0.633 bits per heavy atom. The van der Waals surface area contributed by atoms with Gasteiger partial charge in [0.2, 0.25) is 23.6 Å². The third-order valence-electron chi connectivity index (χ3n) is 10.7. The number of benzene rings is 3. The van der Waals surface area contributed by atoms with E-state index in [0.717, 1.165) is 16.8 Å². The van der Waals surface area contributed by atoms with E-state index >= 15 is 0 Å². The smallest absolute Gasteiger partial charge is 0.407 e. The van der Waals surface area contributed by atoms with Crippen LogP contribution in [0.25, 0.3) is 0 Å². The molecule has 4 atom stereocenters. The minimum Gasteiger partial charge on any atom is -0.453 e. The fourth-order valence-corrected chi connectivity index (χ4v) is 7.00. The van der Waals surface area contributed by atoms with Gasteiger partial charge in [-0.05, 0) is 83.3 Å². The van der Waals surface area contributed by atoms with Gasteiger partial charge < -0.3 is 45.4 Å². The van der Waals surface area contributed by atoms with E-state index in [4.69, 9.17) is 9.47 Å². The Morgan fingerprint density at radius 3 is 1.30 bits per heavy atom. The quantitative estimate of drug-likeness (QED) is 0.169. The van der Waals surface area contributed by atoms with Crippen LogP contribution >= 0.6 is 0 Å². The SMILES string of the molecule is COC(=O)NC(C(=O)N1CCC1C(=O)Nc1ccc(CN(Cc2ccc(NC(=O)C3CCN3C(=O)C(NC(=O)OC)C(C)(C)C)cc2)c2ccc(F)cc2)cc1)C(C)(C)C. The van der Waals surface area contributed by atoms with Crippen molar-refractivity contribution < 1.29 is 42.6 Å². The van der Waals surface area contributed by atoms with Crippen molar-refractivity contribution in [1.29, 1.82) is 0 Å². The lowest BCUT2D eigenvalue weighted by Crippen LogP contribution is -2.63. The molecular formula is C44H56FN7O8. The summed E-state index contributed by atoms with van der Waals surface area (Å²) in [6.07, 6.45) is -0.475. The summed E-state index contributed by atoms with van der Waals surface area (Å²) in [6, 6.07) is 17.7. The van der Waals surface area contributed by atoms with E-state index in [1.54, 1.807) is 36.4 Å². The number of anilines is 3. The second kappa shape index (κ2) is 18.8. The minimum absolute atomic E-state index is 0.332. The Labute approximate surface area is 350 Å². The number of hydrogen-bond acceptors (Lipinski definition) is 9. The summed E-state index contributed by atoms with van der Waals surface area (Å²) in [4.78, 5) is 82.4. The van der Waals surface area contributed by atoms with Crippen LogP contribution in [0.5, 0.6) is 0 Å². The normalized spacial score (nSPS) is 17.1. The van der Waals surface area contributed by atoms with Gasteiger partial charge in [0.1, 0.15) is 30.0 Å². The molecular weight excluding hydrogens is 774 g/mol. The van der Waals surface area contributed by atoms with E-state index in [1.807, 2.05) is 65.8 Å². The molecule has 3 aromatic carbocycles. The number of ether oxygens (including phenoxy) is 2. The van der Waals surface area contributed by atoms with Crippen molar-refractivity contribution in [3.05, 3.63) is 89.7 Å². The summed E-state index contributed by atoms with van der Waals surface area (Å²) >= 11 is 0. The van der Waals surface area contributed by atoms with E-state index < -0.39 is 47.2 Å². The number of likely N-dealkylation sites (tertiary alicyclic amines) is 2. The van der Waals surface area contributed by atoms with Crippen LogP contribution in [0.2, 0.25) is 0 Å². The lowest BCUT2D eigenvalue weighted by Gasteiger charge is -2.43. The van der Waals surface area contributed by atoms with Crippen molar-refractivity contribution >= 4 is 52.9 Å². The van der Waals surface area contributed by atoms with Gasteiger partial charge in [0.15, 0.2) is 0 Å². The van der Waals surface area contributed by atoms with E-state index in [2.05, 4.69) is 26.2 Å². The molecule has 0 bridgehead atoms. The lowest BCUT2D eigenvalue weighted by atomic mass is 9.84. The summed E-state index contributed by atoms with van der Waals surface area (Å²) < 4.78 is 23.4. The van der Waals surface area contributed by atoms with Crippen LogP contribution in [-0.4, -0.2) is 97.1 Å². The number of halogens is 1. The molecule has 2 aliphatic rings. The van der Waals surface area contributed by atoms with Crippen LogP contribution in [0.15, 0.2) is 72.8 Å². The largest absolute Gasteiger partial charge is 0.453 e. The number of hydrogen-bond donors (Lipinski definition) is 4. The summed E-state index contributed by atoms with van der Waals surface area (Å²) in [5, 5.41) is 11.0. The number of carbonyl (C=O) groups is 6. The van der Waals surface area contributed by atoms with Crippen LogP contribution in [-0.2, 0) is 41.7 Å². The highest BCUT2D eigenvalue weighted by Crippen LogP contribution is 2.29. The molecule has 0 aliphatic carbocycles. The van der Waals surface area contributed by atoms with Crippen LogP contribution < -0.4 is 26.2 Å². The molecule has 2 heterocycles. The number of nitrogens with zero attached hydrogens (tertiary/aromatic N) is 3. The van der Waals surface area contributed by atoms with Gasteiger partial charge in [0.25, 0.3) is 0 Å². The Morgan fingerprint density at radius 2 is 1.00 bits per heavy atom. The molecule has 6 amide bonds. The number of nitrogens with one attached hydrogen (secondary N) is 4. The van der Waals surface area contributed by atoms with Crippen molar-refractivity contribution in [3.8, 4) is 0 Å². The topological polar surface area (TPSA) is 179 Å². The van der Waals surface area contributed by atoms with E-state index in [1.165, 1.54) is 36.2 Å². The van der Waals surface area contributed by atoms with Crippen molar-refractivity contribution in [1.82, 2.24) is 20.4 Å². The highest BCUT2D eigenvalue weighted by molar-refractivity contribution is 6.00. The maximum absolute atomic E-state index is 14.0. The van der Waals surface area contributed by atoms with E-state index in [-0.39, 0.29) is 29.4 Å². The molecule has 0 radical (unpaired) electrons. The van der Waals surface area contributed by atoms with Gasteiger partial charge in [-0.25, -0.2) is 14.0 Å². The molecule has 4 unspecified atom stereocenters. The molecule has 0 spiro atoms. The van der Waals surface area contributed by atoms with Gasteiger partial charge in [0.05, 0.1) is 14.2 Å². The zero-order valence-corrected chi connectivity index (χ0v) is 35.5. The molecule has 60 heavy (non-hydrogen) atoms. The summed E-state index contributed by atoms with van der Waals surface area (Å²) in [5.41, 5.74) is 2.48. The Bertz CT molecular complexity index is 1910. The molecule has 2 fully saturated rings. The Balaban J connectivity index is 1.20. The highest BCUT2D eigenvalue weighted by atomic mass is 19.1. The minimum atomic E-state index is -0.878. The van der Waals surface area contributed by atoms with E-state index in [9.17, 15) is 33.2 Å². The number of alkyl carbamates (subject to hydrolysis) is 2. The van der Waals surface area contributed by atoms with Crippen LogP contribution in [0, 0.1) is 16.6 Å². The summed E-state index contributed by atoms with van der Waals surface area (Å²) in [6.45, 7) is 12.6. The van der Waals surface area contributed by atoms with Gasteiger partial charge in [-0.2, -0.15) is 0 Å². The average Bonchev–Trinajstić information content (AvgIpc) is 3.15. The van der Waals surface area contributed by atoms with Crippen molar-refractivity contribution in [2.24, 2.45) is 10.8 Å². The van der Waals surface area contributed by atoms with Gasteiger partial charge >= 0.3 is 12.2 Å². The predicted molar refractivity (Wildman–Crippen MR) is 224 cm³/mol. The summed E-state index contributed by atoms with van der Waals surface area (Å²) in [7, 11) is 2.45. The zero-order chi connectivity index (χ0) is 43.9. The van der Waals surface area contributed by atoms with Crippen LogP contribution in [0.4, 0.5) is 31.0 Å². The maximum Gasteiger partial charge on any atom is 0.407 e. The second-order valence-corrected chi connectivity index (χ2v) is 17.2. The van der Waals surface area contributed by atoms with Gasteiger partial charge in [-0.3, -0.25) is 19.2 Å². The predicted octanol–water partition coefficient (Wildman–Crippen LogP) is 5.65. The Hall–Kier alpha value is -6.19. The first-order valence-electron chi connectivity index (χ1n) is 19.9. The average molecular weight is 830 g/mol. The first-order chi connectivity index (χ1) is 28.3. The maximum atomic E-state index is 14.0. The van der Waals surface area contributed by atoms with Gasteiger partial charge in [-0.15, -0.1) is 0 Å². The fourth-order valence-electron chi connectivity index (χ4n) is 7.00. The van der Waals surface area contributed by atoms with Crippen molar-refractivity contribution in [2.75, 3.05) is 42.8 Å². The molecule has 16 heteroatoms. The molecule has 5 rings (SSSR count). The molecule has 15 nitrogen and oxygen atoms in total. The highest BCUT2D eigenvalue weighted by Gasteiger charge is 2.45. The first-order valence-corrected chi connectivity index (χ1v) is 19.9. The fraction of sp³-hybridized carbons (Fsp3) is 0.455. The third-order valence-corrected chi connectivity index (χ3v) is 10.7. The number of amides is 6. The first kappa shape index (κ1) is 44.9. The molecule has 0 saturated carbocycles.